The maximum atomic E-state index is 13.2. The molecule has 0 spiro atoms. The first-order chi connectivity index (χ1) is 15.8. The van der Waals surface area contributed by atoms with Gasteiger partial charge >= 0.3 is 0 Å². The number of halogens is 3. The summed E-state index contributed by atoms with van der Waals surface area (Å²) < 4.78 is 0. The third-order valence-corrected chi connectivity index (χ3v) is 7.65. The van der Waals surface area contributed by atoms with Gasteiger partial charge in [-0.15, -0.1) is 11.8 Å². The molecule has 2 aromatic rings. The van der Waals surface area contributed by atoms with E-state index in [-0.39, 0.29) is 23.6 Å². The smallest absolute Gasteiger partial charge is 0.242 e. The van der Waals surface area contributed by atoms with E-state index in [2.05, 4.69) is 5.32 Å². The van der Waals surface area contributed by atoms with Crippen LogP contribution in [0, 0.1) is 0 Å². The highest BCUT2D eigenvalue weighted by Crippen LogP contribution is 2.25. The largest absolute Gasteiger partial charge is 0.352 e. The lowest BCUT2D eigenvalue weighted by molar-refractivity contribution is -0.139. The van der Waals surface area contributed by atoms with Gasteiger partial charge in [-0.05, 0) is 55.2 Å². The van der Waals surface area contributed by atoms with Crippen LogP contribution >= 0.6 is 46.6 Å². The van der Waals surface area contributed by atoms with Crippen LogP contribution in [-0.2, 0) is 21.9 Å². The van der Waals surface area contributed by atoms with Gasteiger partial charge in [0.05, 0.1) is 5.75 Å². The molecule has 0 aliphatic heterocycles. The highest BCUT2D eigenvalue weighted by Gasteiger charge is 2.28. The van der Waals surface area contributed by atoms with Crippen molar-refractivity contribution in [2.24, 2.45) is 0 Å². The van der Waals surface area contributed by atoms with Gasteiger partial charge in [0.25, 0.3) is 0 Å². The van der Waals surface area contributed by atoms with E-state index in [1.54, 1.807) is 30.0 Å². The molecule has 0 unspecified atom stereocenters. The minimum absolute atomic E-state index is 0.101. The lowest BCUT2D eigenvalue weighted by Crippen LogP contribution is -2.50. The quantitative estimate of drug-likeness (QED) is 0.392. The third-order valence-electron chi connectivity index (χ3n) is 5.86. The van der Waals surface area contributed by atoms with Gasteiger partial charge in [0, 0.05) is 33.4 Å². The summed E-state index contributed by atoms with van der Waals surface area (Å²) >= 11 is 19.8. The zero-order valence-electron chi connectivity index (χ0n) is 18.7. The first kappa shape index (κ1) is 26.2. The SMILES string of the molecule is C[C@H](C(=O)NC1CCCCC1)N(Cc1cccc(Cl)c1)C(=O)CSCc1ccc(Cl)cc1Cl. The lowest BCUT2D eigenvalue weighted by atomic mass is 9.95. The number of thioether (sulfide) groups is 1. The molecule has 0 heterocycles. The second-order valence-electron chi connectivity index (χ2n) is 8.40. The summed E-state index contributed by atoms with van der Waals surface area (Å²) in [6.07, 6.45) is 5.48. The number of nitrogens with zero attached hydrogens (tertiary/aromatic N) is 1. The van der Waals surface area contributed by atoms with Crippen LogP contribution in [0.4, 0.5) is 0 Å². The van der Waals surface area contributed by atoms with E-state index < -0.39 is 6.04 Å². The Morgan fingerprint density at radius 3 is 2.48 bits per heavy atom. The molecule has 178 valence electrons. The molecule has 33 heavy (non-hydrogen) atoms. The van der Waals surface area contributed by atoms with Crippen molar-refractivity contribution in [2.45, 2.75) is 63.4 Å². The summed E-state index contributed by atoms with van der Waals surface area (Å²) in [7, 11) is 0. The Hall–Kier alpha value is -1.40. The number of rotatable bonds is 9. The average molecular weight is 528 g/mol. The van der Waals surface area contributed by atoms with Crippen LogP contribution < -0.4 is 5.32 Å². The van der Waals surface area contributed by atoms with Crippen LogP contribution in [0.3, 0.4) is 0 Å². The number of amides is 2. The van der Waals surface area contributed by atoms with Crippen molar-refractivity contribution < 1.29 is 9.59 Å². The fourth-order valence-electron chi connectivity index (χ4n) is 3.95. The van der Waals surface area contributed by atoms with E-state index in [0.29, 0.717) is 27.4 Å². The standard InChI is InChI=1S/C25H29Cl3N2O2S/c1-17(25(32)29-22-8-3-2-4-9-22)30(14-18-6-5-7-20(26)12-18)24(31)16-33-15-19-10-11-21(27)13-23(19)28/h5-7,10-13,17,22H,2-4,8-9,14-16H2,1H3,(H,29,32)/t17-/m1/s1. The summed E-state index contributed by atoms with van der Waals surface area (Å²) in [6.45, 7) is 2.11. The summed E-state index contributed by atoms with van der Waals surface area (Å²) in [5.74, 6) is 0.607. The lowest BCUT2D eigenvalue weighted by Gasteiger charge is -2.31. The fourth-order valence-corrected chi connectivity index (χ4v) is 5.63. The van der Waals surface area contributed by atoms with Crippen molar-refractivity contribution in [1.82, 2.24) is 10.2 Å². The van der Waals surface area contributed by atoms with Gasteiger partial charge in [0.15, 0.2) is 0 Å². The number of nitrogens with one attached hydrogen (secondary N) is 1. The maximum Gasteiger partial charge on any atom is 0.242 e. The summed E-state index contributed by atoms with van der Waals surface area (Å²) in [6, 6.07) is 12.3. The van der Waals surface area contributed by atoms with E-state index in [9.17, 15) is 9.59 Å². The molecule has 3 rings (SSSR count). The first-order valence-electron chi connectivity index (χ1n) is 11.2. The predicted octanol–water partition coefficient (Wildman–Crippen LogP) is 6.75. The van der Waals surface area contributed by atoms with Gasteiger partial charge in [-0.1, -0.05) is 72.3 Å². The maximum absolute atomic E-state index is 13.2. The van der Waals surface area contributed by atoms with Crippen LogP contribution in [0.2, 0.25) is 15.1 Å². The molecule has 0 aromatic heterocycles. The monoisotopic (exact) mass is 526 g/mol. The molecule has 4 nitrogen and oxygen atoms in total. The Bertz CT molecular complexity index is 966. The molecule has 1 aliphatic carbocycles. The molecular formula is C25H29Cl3N2O2S. The molecule has 1 fully saturated rings. The summed E-state index contributed by atoms with van der Waals surface area (Å²) in [5, 5.41) is 4.91. The Kier molecular flexibility index (Phi) is 10.2. The molecule has 0 saturated heterocycles. The number of hydrogen-bond donors (Lipinski definition) is 1. The number of carbonyl (C=O) groups excluding carboxylic acids is 2. The topological polar surface area (TPSA) is 49.4 Å². The van der Waals surface area contributed by atoms with Crippen LogP contribution in [0.1, 0.15) is 50.2 Å². The van der Waals surface area contributed by atoms with Crippen molar-refractivity contribution >= 4 is 58.4 Å². The zero-order chi connectivity index (χ0) is 23.8. The van der Waals surface area contributed by atoms with Gasteiger partial charge in [-0.3, -0.25) is 9.59 Å². The Morgan fingerprint density at radius 1 is 1.06 bits per heavy atom. The molecular weight excluding hydrogens is 499 g/mol. The third kappa shape index (κ3) is 8.10. The molecule has 0 bridgehead atoms. The van der Waals surface area contributed by atoms with Crippen LogP contribution in [0.15, 0.2) is 42.5 Å². The van der Waals surface area contributed by atoms with Gasteiger partial charge in [0.1, 0.15) is 6.04 Å². The highest BCUT2D eigenvalue weighted by molar-refractivity contribution is 7.99. The summed E-state index contributed by atoms with van der Waals surface area (Å²) in [5.41, 5.74) is 1.81. The van der Waals surface area contributed by atoms with E-state index in [1.807, 2.05) is 24.3 Å². The Balaban J connectivity index is 1.66. The predicted molar refractivity (Wildman–Crippen MR) is 139 cm³/mol. The zero-order valence-corrected chi connectivity index (χ0v) is 21.7. The number of hydrogen-bond acceptors (Lipinski definition) is 3. The first-order valence-corrected chi connectivity index (χ1v) is 13.5. The molecule has 0 radical (unpaired) electrons. The Labute approximate surface area is 215 Å². The van der Waals surface area contributed by atoms with Gasteiger partial charge in [-0.25, -0.2) is 0 Å². The van der Waals surface area contributed by atoms with Gasteiger partial charge < -0.3 is 10.2 Å². The summed E-state index contributed by atoms with van der Waals surface area (Å²) in [4.78, 5) is 27.9. The normalized spacial score (nSPS) is 15.2. The number of carbonyl (C=O) groups is 2. The molecule has 1 saturated carbocycles. The van der Waals surface area contributed by atoms with Crippen LogP contribution in [-0.4, -0.2) is 34.6 Å². The molecule has 1 atom stereocenters. The molecule has 8 heteroatoms. The fraction of sp³-hybridized carbons (Fsp3) is 0.440. The van der Waals surface area contributed by atoms with E-state index in [4.69, 9.17) is 34.8 Å². The van der Waals surface area contributed by atoms with Gasteiger partial charge in [-0.2, -0.15) is 0 Å². The molecule has 2 amide bonds. The van der Waals surface area contributed by atoms with Gasteiger partial charge in [0.2, 0.25) is 11.8 Å². The molecule has 2 aromatic carbocycles. The van der Waals surface area contributed by atoms with Crippen molar-refractivity contribution in [3.8, 4) is 0 Å². The molecule has 1 aliphatic rings. The minimum Gasteiger partial charge on any atom is -0.352 e. The van der Waals surface area contributed by atoms with Crippen LogP contribution in [0.25, 0.3) is 0 Å². The van der Waals surface area contributed by atoms with Crippen molar-refractivity contribution in [3.63, 3.8) is 0 Å². The Morgan fingerprint density at radius 2 is 1.79 bits per heavy atom. The molecule has 1 N–H and O–H groups in total. The van der Waals surface area contributed by atoms with Crippen molar-refractivity contribution in [2.75, 3.05) is 5.75 Å². The second kappa shape index (κ2) is 12.9. The van der Waals surface area contributed by atoms with E-state index in [0.717, 1.165) is 36.8 Å². The second-order valence-corrected chi connectivity index (χ2v) is 10.7. The van der Waals surface area contributed by atoms with Crippen molar-refractivity contribution in [1.29, 1.82) is 0 Å². The average Bonchev–Trinajstić information content (AvgIpc) is 2.79. The van der Waals surface area contributed by atoms with Crippen LogP contribution in [0.5, 0.6) is 0 Å². The number of benzene rings is 2. The highest BCUT2D eigenvalue weighted by atomic mass is 35.5. The minimum atomic E-state index is -0.585. The van der Waals surface area contributed by atoms with E-state index >= 15 is 0 Å². The van der Waals surface area contributed by atoms with E-state index in [1.165, 1.54) is 18.2 Å². The van der Waals surface area contributed by atoms with Crippen molar-refractivity contribution in [3.05, 3.63) is 68.7 Å².